The van der Waals surface area contributed by atoms with Crippen LogP contribution in [0.3, 0.4) is 0 Å². The predicted molar refractivity (Wildman–Crippen MR) is 77.6 cm³/mol. The minimum Gasteiger partial charge on any atom is -0.466 e. The zero-order valence-electron chi connectivity index (χ0n) is 10.9. The van der Waals surface area contributed by atoms with Gasteiger partial charge in [0.15, 0.2) is 0 Å². The van der Waals surface area contributed by atoms with E-state index >= 15 is 0 Å². The molecule has 0 fully saturated rings. The van der Waals surface area contributed by atoms with Gasteiger partial charge in [-0.1, -0.05) is 35.3 Å². The smallest absolute Gasteiger partial charge is 0.338 e. The average molecular weight is 315 g/mol. The van der Waals surface area contributed by atoms with E-state index in [1.54, 1.807) is 18.2 Å². The third-order valence-electron chi connectivity index (χ3n) is 2.33. The van der Waals surface area contributed by atoms with Gasteiger partial charge in [-0.05, 0) is 23.8 Å². The number of hydrogen-bond donors (Lipinski definition) is 0. The molecule has 0 spiro atoms. The number of hydrogen-bond acceptors (Lipinski definition) is 4. The maximum atomic E-state index is 11.7. The molecule has 0 saturated carbocycles. The topological polar surface area (TPSA) is 52.6 Å². The van der Waals surface area contributed by atoms with Gasteiger partial charge in [0.05, 0.1) is 29.8 Å². The molecule has 20 heavy (non-hydrogen) atoms. The Morgan fingerprint density at radius 3 is 2.35 bits per heavy atom. The van der Waals surface area contributed by atoms with Crippen LogP contribution >= 0.6 is 23.2 Å². The van der Waals surface area contributed by atoms with E-state index in [0.29, 0.717) is 15.6 Å². The van der Waals surface area contributed by atoms with Crippen LogP contribution in [-0.4, -0.2) is 26.2 Å². The highest BCUT2D eigenvalue weighted by Gasteiger charge is 2.12. The molecule has 0 saturated heterocycles. The van der Waals surface area contributed by atoms with E-state index in [4.69, 9.17) is 23.2 Å². The van der Waals surface area contributed by atoms with Gasteiger partial charge in [0.25, 0.3) is 0 Å². The minimum atomic E-state index is -0.557. The van der Waals surface area contributed by atoms with Gasteiger partial charge in [-0.25, -0.2) is 9.59 Å². The lowest BCUT2D eigenvalue weighted by Crippen LogP contribution is -2.04. The van der Waals surface area contributed by atoms with Crippen LogP contribution in [0.15, 0.2) is 36.4 Å². The highest BCUT2D eigenvalue weighted by atomic mass is 35.5. The van der Waals surface area contributed by atoms with Crippen molar-refractivity contribution < 1.29 is 19.1 Å². The standard InChI is InChI=1S/C14H12Cl2O4/c1-19-13(17)5-3-4-10(14(18)20-2)9-6-7-11(15)12(16)8-9/h3-8H,1-2H3. The summed E-state index contributed by atoms with van der Waals surface area (Å²) >= 11 is 11.7. The zero-order valence-corrected chi connectivity index (χ0v) is 12.4. The van der Waals surface area contributed by atoms with Crippen LogP contribution in [0.2, 0.25) is 10.0 Å². The fourth-order valence-electron chi connectivity index (χ4n) is 1.35. The molecule has 0 radical (unpaired) electrons. The van der Waals surface area contributed by atoms with Crippen molar-refractivity contribution in [1.82, 2.24) is 0 Å². The molecule has 0 atom stereocenters. The van der Waals surface area contributed by atoms with Crippen molar-refractivity contribution in [3.05, 3.63) is 52.0 Å². The Labute approximate surface area is 126 Å². The molecule has 1 rings (SSSR count). The molecule has 4 nitrogen and oxygen atoms in total. The molecular weight excluding hydrogens is 303 g/mol. The number of esters is 2. The molecule has 0 aliphatic rings. The lowest BCUT2D eigenvalue weighted by Gasteiger charge is -2.06. The quantitative estimate of drug-likeness (QED) is 0.486. The molecule has 0 heterocycles. The largest absolute Gasteiger partial charge is 0.466 e. The second kappa shape index (κ2) is 7.72. The number of benzene rings is 1. The fourth-order valence-corrected chi connectivity index (χ4v) is 1.64. The molecule has 0 aliphatic carbocycles. The van der Waals surface area contributed by atoms with Crippen LogP contribution in [0.25, 0.3) is 5.57 Å². The van der Waals surface area contributed by atoms with Gasteiger partial charge in [0, 0.05) is 6.08 Å². The van der Waals surface area contributed by atoms with E-state index in [1.165, 1.54) is 32.4 Å². The zero-order chi connectivity index (χ0) is 15.1. The first-order valence-corrected chi connectivity index (χ1v) is 6.25. The summed E-state index contributed by atoms with van der Waals surface area (Å²) in [5, 5.41) is 0.695. The molecule has 0 amide bonds. The molecule has 0 aromatic heterocycles. The molecule has 0 unspecified atom stereocenters. The second-order valence-electron chi connectivity index (χ2n) is 3.58. The van der Waals surface area contributed by atoms with Crippen molar-refractivity contribution >= 4 is 40.7 Å². The van der Waals surface area contributed by atoms with Gasteiger partial charge < -0.3 is 9.47 Å². The first kappa shape index (κ1) is 16.3. The van der Waals surface area contributed by atoms with Crippen molar-refractivity contribution in [3.8, 4) is 0 Å². The van der Waals surface area contributed by atoms with E-state index in [-0.39, 0.29) is 5.57 Å². The molecule has 1 aromatic carbocycles. The third-order valence-corrected chi connectivity index (χ3v) is 3.07. The Morgan fingerprint density at radius 1 is 1.10 bits per heavy atom. The molecule has 0 N–H and O–H groups in total. The van der Waals surface area contributed by atoms with Gasteiger partial charge in [-0.2, -0.15) is 0 Å². The van der Waals surface area contributed by atoms with E-state index in [2.05, 4.69) is 9.47 Å². The molecule has 106 valence electrons. The summed E-state index contributed by atoms with van der Waals surface area (Å²) in [6, 6.07) is 4.74. The summed E-state index contributed by atoms with van der Waals surface area (Å²) in [4.78, 5) is 22.7. The number of carbonyl (C=O) groups is 2. The fraction of sp³-hybridized carbons (Fsp3) is 0.143. The number of allylic oxidation sites excluding steroid dienone is 2. The van der Waals surface area contributed by atoms with Gasteiger partial charge in [0.2, 0.25) is 0 Å². The van der Waals surface area contributed by atoms with E-state index in [1.807, 2.05) is 0 Å². The third kappa shape index (κ3) is 4.40. The Kier molecular flexibility index (Phi) is 6.28. The van der Waals surface area contributed by atoms with E-state index in [9.17, 15) is 9.59 Å². The molecular formula is C14H12Cl2O4. The summed E-state index contributed by atoms with van der Waals surface area (Å²) in [5.41, 5.74) is 0.770. The van der Waals surface area contributed by atoms with Crippen LogP contribution in [-0.2, 0) is 19.1 Å². The predicted octanol–water partition coefficient (Wildman–Crippen LogP) is 3.28. The number of methoxy groups -OCH3 is 2. The number of ether oxygens (including phenoxy) is 2. The van der Waals surface area contributed by atoms with Crippen LogP contribution in [0.5, 0.6) is 0 Å². The highest BCUT2D eigenvalue weighted by Crippen LogP contribution is 2.26. The van der Waals surface area contributed by atoms with Crippen molar-refractivity contribution in [2.75, 3.05) is 14.2 Å². The summed E-state index contributed by atoms with van der Waals surface area (Å²) in [6.07, 6.45) is 4.00. The number of rotatable bonds is 4. The SMILES string of the molecule is COC(=O)C=CC=C(C(=O)OC)c1ccc(Cl)c(Cl)c1. The maximum Gasteiger partial charge on any atom is 0.338 e. The highest BCUT2D eigenvalue weighted by molar-refractivity contribution is 6.42. The van der Waals surface area contributed by atoms with Crippen LogP contribution in [0.1, 0.15) is 5.56 Å². The van der Waals surface area contributed by atoms with Crippen LogP contribution in [0, 0.1) is 0 Å². The van der Waals surface area contributed by atoms with Crippen molar-refractivity contribution in [1.29, 1.82) is 0 Å². The summed E-state index contributed by atoms with van der Waals surface area (Å²) in [5.74, 6) is -1.09. The Bertz CT molecular complexity index is 577. The first-order chi connectivity index (χ1) is 9.49. The Balaban J connectivity index is 3.15. The number of carbonyl (C=O) groups excluding carboxylic acids is 2. The average Bonchev–Trinajstić information content (AvgIpc) is 2.45. The lowest BCUT2D eigenvalue weighted by atomic mass is 10.1. The van der Waals surface area contributed by atoms with Crippen molar-refractivity contribution in [3.63, 3.8) is 0 Å². The van der Waals surface area contributed by atoms with Gasteiger partial charge in [0.1, 0.15) is 0 Å². The lowest BCUT2D eigenvalue weighted by molar-refractivity contribution is -0.135. The summed E-state index contributed by atoms with van der Waals surface area (Å²) in [7, 11) is 2.52. The first-order valence-electron chi connectivity index (χ1n) is 5.49. The summed E-state index contributed by atoms with van der Waals surface area (Å²) in [6.45, 7) is 0. The Hall–Kier alpha value is -1.78. The van der Waals surface area contributed by atoms with Crippen molar-refractivity contribution in [2.24, 2.45) is 0 Å². The molecule has 6 heteroatoms. The van der Waals surface area contributed by atoms with E-state index in [0.717, 1.165) is 0 Å². The van der Waals surface area contributed by atoms with E-state index < -0.39 is 11.9 Å². The monoisotopic (exact) mass is 314 g/mol. The molecule has 0 bridgehead atoms. The van der Waals surface area contributed by atoms with Crippen LogP contribution < -0.4 is 0 Å². The van der Waals surface area contributed by atoms with Gasteiger partial charge in [-0.3, -0.25) is 0 Å². The molecule has 0 aliphatic heterocycles. The van der Waals surface area contributed by atoms with Crippen LogP contribution in [0.4, 0.5) is 0 Å². The van der Waals surface area contributed by atoms with Crippen molar-refractivity contribution in [2.45, 2.75) is 0 Å². The summed E-state index contributed by atoms with van der Waals surface area (Å²) < 4.78 is 9.14. The number of halogens is 2. The normalized spacial score (nSPS) is 11.5. The molecule has 1 aromatic rings. The minimum absolute atomic E-state index is 0.242. The Morgan fingerprint density at radius 2 is 1.80 bits per heavy atom. The van der Waals surface area contributed by atoms with Gasteiger partial charge >= 0.3 is 11.9 Å². The second-order valence-corrected chi connectivity index (χ2v) is 4.40. The van der Waals surface area contributed by atoms with Gasteiger partial charge in [-0.15, -0.1) is 0 Å². The maximum absolute atomic E-state index is 11.7.